The van der Waals surface area contributed by atoms with Crippen LogP contribution in [-0.4, -0.2) is 50.9 Å². The summed E-state index contributed by atoms with van der Waals surface area (Å²) in [6.07, 6.45) is 3.17. The second-order valence-corrected chi connectivity index (χ2v) is 9.73. The Hall–Kier alpha value is -3.07. The van der Waals surface area contributed by atoms with Crippen molar-refractivity contribution in [2.24, 2.45) is 0 Å². The van der Waals surface area contributed by atoms with E-state index < -0.39 is 17.2 Å². The van der Waals surface area contributed by atoms with Gasteiger partial charge in [-0.15, -0.1) is 0 Å². The van der Waals surface area contributed by atoms with Gasteiger partial charge in [0.15, 0.2) is 23.2 Å². The molecule has 0 radical (unpaired) electrons. The Morgan fingerprint density at radius 2 is 1.88 bits per heavy atom. The van der Waals surface area contributed by atoms with E-state index in [0.29, 0.717) is 49.2 Å². The number of anilines is 2. The maximum absolute atomic E-state index is 14.0. The lowest BCUT2D eigenvalue weighted by Crippen LogP contribution is -2.39. The van der Waals surface area contributed by atoms with E-state index in [4.69, 9.17) is 14.7 Å². The maximum Gasteiger partial charge on any atom is 0.172 e. The van der Waals surface area contributed by atoms with Crippen molar-refractivity contribution in [1.82, 2.24) is 15.0 Å². The Bertz CT molecular complexity index is 1160. The van der Waals surface area contributed by atoms with Gasteiger partial charge in [0.1, 0.15) is 17.4 Å². The maximum atomic E-state index is 14.0. The van der Waals surface area contributed by atoms with Crippen LogP contribution < -0.4 is 15.0 Å². The minimum atomic E-state index is -0.867. The quantitative estimate of drug-likeness (QED) is 0.526. The fraction of sp³-hybridized carbons (Fsp3) is 0.480. The molecular formula is C25H31F2N5O2. The summed E-state index contributed by atoms with van der Waals surface area (Å²) in [4.78, 5) is 16.3. The number of nitrogens with zero attached hydrogens (tertiary/aromatic N) is 4. The smallest absolute Gasteiger partial charge is 0.172 e. The standard InChI is InChI=1S/C25H31F2N5O2/c1-15(2)29-23-24(31-21-14-28-17(12-20(21)30-23)13-25(3,4)33)32-9-7-18(8-10-32)34-22-11-16(26)5-6-19(22)27/h5-6,11-12,14-15,18,33H,7-10,13H2,1-4H3,(H,29,30). The minimum Gasteiger partial charge on any atom is -0.487 e. The van der Waals surface area contributed by atoms with Crippen molar-refractivity contribution in [2.45, 2.75) is 64.7 Å². The lowest BCUT2D eigenvalue weighted by molar-refractivity contribution is 0.0800. The predicted molar refractivity (Wildman–Crippen MR) is 128 cm³/mol. The molecule has 0 aliphatic carbocycles. The largest absolute Gasteiger partial charge is 0.487 e. The van der Waals surface area contributed by atoms with E-state index in [1.54, 1.807) is 20.0 Å². The van der Waals surface area contributed by atoms with E-state index in [1.807, 2.05) is 19.9 Å². The molecule has 1 aliphatic heterocycles. The zero-order chi connectivity index (χ0) is 24.5. The van der Waals surface area contributed by atoms with Crippen LogP contribution in [0.15, 0.2) is 30.5 Å². The highest BCUT2D eigenvalue weighted by molar-refractivity contribution is 5.80. The Morgan fingerprint density at radius 3 is 2.56 bits per heavy atom. The first-order valence-corrected chi connectivity index (χ1v) is 11.6. The topological polar surface area (TPSA) is 83.4 Å². The number of piperidine rings is 1. The highest BCUT2D eigenvalue weighted by atomic mass is 19.1. The molecule has 9 heteroatoms. The van der Waals surface area contributed by atoms with Crippen LogP contribution in [0.4, 0.5) is 20.4 Å². The van der Waals surface area contributed by atoms with Gasteiger partial charge in [0.05, 0.1) is 17.3 Å². The summed E-state index contributed by atoms with van der Waals surface area (Å²) in [7, 11) is 0. The van der Waals surface area contributed by atoms with E-state index in [2.05, 4.69) is 15.2 Å². The molecule has 0 saturated carbocycles. The number of pyridine rings is 1. The van der Waals surface area contributed by atoms with Gasteiger partial charge in [-0.3, -0.25) is 4.98 Å². The normalized spacial score (nSPS) is 15.2. The molecule has 0 unspecified atom stereocenters. The van der Waals surface area contributed by atoms with Crippen molar-refractivity contribution in [2.75, 3.05) is 23.3 Å². The molecule has 0 amide bonds. The number of ether oxygens (including phenoxy) is 1. The van der Waals surface area contributed by atoms with Gasteiger partial charge in [-0.05, 0) is 45.9 Å². The molecule has 3 heterocycles. The Balaban J connectivity index is 1.54. The zero-order valence-corrected chi connectivity index (χ0v) is 20.0. The summed E-state index contributed by atoms with van der Waals surface area (Å²) in [5.74, 6) is 0.263. The Labute approximate surface area is 198 Å². The van der Waals surface area contributed by atoms with E-state index in [9.17, 15) is 13.9 Å². The summed E-state index contributed by atoms with van der Waals surface area (Å²) in [6.45, 7) is 8.84. The Kier molecular flexibility index (Phi) is 6.84. The highest BCUT2D eigenvalue weighted by Crippen LogP contribution is 2.30. The second-order valence-electron chi connectivity index (χ2n) is 9.73. The van der Waals surface area contributed by atoms with E-state index in [1.165, 1.54) is 0 Å². The number of fused-ring (bicyclic) bond motifs is 1. The van der Waals surface area contributed by atoms with Gasteiger partial charge in [0.25, 0.3) is 0 Å². The molecule has 182 valence electrons. The van der Waals surface area contributed by atoms with Crippen molar-refractivity contribution < 1.29 is 18.6 Å². The molecule has 4 rings (SSSR count). The van der Waals surface area contributed by atoms with Crippen LogP contribution in [0.3, 0.4) is 0 Å². The lowest BCUT2D eigenvalue weighted by Gasteiger charge is -2.34. The van der Waals surface area contributed by atoms with Crippen molar-refractivity contribution in [3.8, 4) is 5.75 Å². The number of halogens is 2. The molecule has 0 bridgehead atoms. The molecule has 7 nitrogen and oxygen atoms in total. The van der Waals surface area contributed by atoms with Crippen LogP contribution in [-0.2, 0) is 6.42 Å². The highest BCUT2D eigenvalue weighted by Gasteiger charge is 2.26. The molecule has 3 aromatic rings. The molecule has 1 aromatic carbocycles. The molecule has 2 N–H and O–H groups in total. The van der Waals surface area contributed by atoms with Gasteiger partial charge in [-0.1, -0.05) is 0 Å². The van der Waals surface area contributed by atoms with E-state index in [-0.39, 0.29) is 17.9 Å². The fourth-order valence-electron chi connectivity index (χ4n) is 4.06. The summed E-state index contributed by atoms with van der Waals surface area (Å²) >= 11 is 0. The molecule has 0 spiro atoms. The van der Waals surface area contributed by atoms with Crippen LogP contribution >= 0.6 is 0 Å². The number of aliphatic hydroxyl groups is 1. The van der Waals surface area contributed by atoms with Crippen LogP contribution in [0.2, 0.25) is 0 Å². The van der Waals surface area contributed by atoms with Crippen molar-refractivity contribution in [3.63, 3.8) is 0 Å². The van der Waals surface area contributed by atoms with Gasteiger partial charge in [0, 0.05) is 50.2 Å². The SMILES string of the molecule is CC(C)Nc1nc2cc(CC(C)(C)O)ncc2nc1N1CCC(Oc2cc(F)ccc2F)CC1. The first kappa shape index (κ1) is 24.1. The number of hydrogen-bond acceptors (Lipinski definition) is 7. The Morgan fingerprint density at radius 1 is 1.15 bits per heavy atom. The average molecular weight is 472 g/mol. The van der Waals surface area contributed by atoms with Crippen LogP contribution in [0.5, 0.6) is 5.75 Å². The predicted octanol–water partition coefficient (Wildman–Crippen LogP) is 4.48. The van der Waals surface area contributed by atoms with Crippen LogP contribution in [0, 0.1) is 11.6 Å². The first-order chi connectivity index (χ1) is 16.1. The summed E-state index contributed by atoms with van der Waals surface area (Å²) in [6, 6.07) is 5.26. The zero-order valence-electron chi connectivity index (χ0n) is 20.0. The van der Waals surface area contributed by atoms with Gasteiger partial charge < -0.3 is 20.1 Å². The fourth-order valence-corrected chi connectivity index (χ4v) is 4.06. The number of nitrogens with one attached hydrogen (secondary N) is 1. The van der Waals surface area contributed by atoms with Crippen molar-refractivity contribution in [3.05, 3.63) is 47.8 Å². The third kappa shape index (κ3) is 5.88. The van der Waals surface area contributed by atoms with Crippen molar-refractivity contribution in [1.29, 1.82) is 0 Å². The number of hydrogen-bond donors (Lipinski definition) is 2. The lowest BCUT2D eigenvalue weighted by atomic mass is 10.0. The third-order valence-corrected chi connectivity index (χ3v) is 5.56. The molecular weight excluding hydrogens is 440 g/mol. The van der Waals surface area contributed by atoms with Gasteiger partial charge >= 0.3 is 0 Å². The summed E-state index contributed by atoms with van der Waals surface area (Å²) in [5, 5.41) is 13.5. The van der Waals surface area contributed by atoms with Crippen LogP contribution in [0.1, 0.15) is 46.2 Å². The number of benzene rings is 1. The number of rotatable bonds is 7. The molecule has 0 atom stereocenters. The summed E-state index contributed by atoms with van der Waals surface area (Å²) < 4.78 is 33.2. The van der Waals surface area contributed by atoms with E-state index in [0.717, 1.165) is 29.7 Å². The molecule has 1 fully saturated rings. The molecule has 1 aliphatic rings. The molecule has 1 saturated heterocycles. The van der Waals surface area contributed by atoms with Crippen molar-refractivity contribution >= 4 is 22.7 Å². The molecule has 34 heavy (non-hydrogen) atoms. The monoisotopic (exact) mass is 471 g/mol. The average Bonchev–Trinajstić information content (AvgIpc) is 2.75. The minimum absolute atomic E-state index is 0.0564. The summed E-state index contributed by atoms with van der Waals surface area (Å²) in [5.41, 5.74) is 1.26. The number of aromatic nitrogens is 3. The van der Waals surface area contributed by atoms with E-state index >= 15 is 0 Å². The second kappa shape index (κ2) is 9.66. The van der Waals surface area contributed by atoms with Gasteiger partial charge in [-0.2, -0.15) is 0 Å². The molecule has 2 aromatic heterocycles. The van der Waals surface area contributed by atoms with Crippen LogP contribution in [0.25, 0.3) is 11.0 Å². The first-order valence-electron chi connectivity index (χ1n) is 11.6. The third-order valence-electron chi connectivity index (χ3n) is 5.56. The van der Waals surface area contributed by atoms with Gasteiger partial charge in [-0.25, -0.2) is 18.7 Å². The van der Waals surface area contributed by atoms with Gasteiger partial charge in [0.2, 0.25) is 0 Å².